The summed E-state index contributed by atoms with van der Waals surface area (Å²) in [6.07, 6.45) is -0.346. The smallest absolute Gasteiger partial charge is 0.338 e. The van der Waals surface area contributed by atoms with E-state index in [2.05, 4.69) is 0 Å². The van der Waals surface area contributed by atoms with Crippen molar-refractivity contribution in [3.63, 3.8) is 0 Å². The molecule has 2 N–H and O–H groups in total. The number of amides is 1. The van der Waals surface area contributed by atoms with E-state index in [1.54, 1.807) is 62.4 Å². The molecule has 0 aliphatic carbocycles. The van der Waals surface area contributed by atoms with Gasteiger partial charge in [-0.15, -0.1) is 0 Å². The number of nitrogens with zero attached hydrogens (tertiary/aromatic N) is 1. The predicted octanol–water partition coefficient (Wildman–Crippen LogP) is 6.47. The Morgan fingerprint density at radius 2 is 1.60 bits per heavy atom. The van der Waals surface area contributed by atoms with Crippen molar-refractivity contribution >= 4 is 29.1 Å². The van der Waals surface area contributed by atoms with E-state index in [-0.39, 0.29) is 34.4 Å². The first-order valence-electron chi connectivity index (χ1n) is 13.8. The molecule has 8 nitrogen and oxygen atoms in total. The molecule has 8 heteroatoms. The van der Waals surface area contributed by atoms with Gasteiger partial charge in [-0.05, 0) is 86.0 Å². The molecule has 1 saturated heterocycles. The Kier molecular flexibility index (Phi) is 8.29. The average Bonchev–Trinajstić information content (AvgIpc) is 3.26. The highest BCUT2D eigenvalue weighted by molar-refractivity contribution is 6.51. The molecule has 43 heavy (non-hydrogen) atoms. The summed E-state index contributed by atoms with van der Waals surface area (Å²) < 4.78 is 11.3. The first-order chi connectivity index (χ1) is 20.6. The Labute approximate surface area is 249 Å². The van der Waals surface area contributed by atoms with Gasteiger partial charge in [0.05, 0.1) is 23.3 Å². The number of aliphatic hydroxyl groups is 1. The van der Waals surface area contributed by atoms with Crippen LogP contribution in [-0.2, 0) is 20.9 Å². The van der Waals surface area contributed by atoms with Gasteiger partial charge in [0.15, 0.2) is 0 Å². The first-order valence-corrected chi connectivity index (χ1v) is 13.8. The lowest BCUT2D eigenvalue weighted by atomic mass is 9.94. The van der Waals surface area contributed by atoms with Gasteiger partial charge in [0, 0.05) is 11.3 Å². The van der Waals surface area contributed by atoms with Crippen molar-refractivity contribution in [2.75, 3.05) is 4.90 Å². The van der Waals surface area contributed by atoms with E-state index in [1.807, 2.05) is 37.3 Å². The third kappa shape index (κ3) is 6.13. The number of ether oxygens (including phenoxy) is 2. The lowest BCUT2D eigenvalue weighted by Gasteiger charge is -2.26. The SMILES string of the molecule is Cc1cc(/C(O)=C2\C(=O)C(=O)N(c3cccc(C(=O)OC(C)C)c3)C2c2ccc(O)cc2)ccc1OCc1ccccc1. The number of aromatic hydroxyl groups is 1. The van der Waals surface area contributed by atoms with E-state index in [1.165, 1.54) is 23.1 Å². The number of Topliss-reactive ketones (excluding diaryl/α,β-unsaturated/α-hetero) is 1. The van der Waals surface area contributed by atoms with Gasteiger partial charge in [0.25, 0.3) is 11.7 Å². The number of hydrogen-bond acceptors (Lipinski definition) is 7. The average molecular weight is 578 g/mol. The molecular formula is C35H31NO7. The van der Waals surface area contributed by atoms with Crippen LogP contribution >= 0.6 is 0 Å². The Hall–Kier alpha value is -5.37. The Balaban J connectivity index is 1.55. The lowest BCUT2D eigenvalue weighted by Crippen LogP contribution is -2.29. The fourth-order valence-corrected chi connectivity index (χ4v) is 4.99. The molecular weight excluding hydrogens is 546 g/mol. The molecule has 0 saturated carbocycles. The molecule has 5 rings (SSSR count). The molecule has 1 fully saturated rings. The number of ketones is 1. The molecule has 1 unspecified atom stereocenters. The predicted molar refractivity (Wildman–Crippen MR) is 162 cm³/mol. The van der Waals surface area contributed by atoms with Crippen LogP contribution in [-0.4, -0.2) is 34.0 Å². The van der Waals surface area contributed by atoms with Crippen LogP contribution in [0.2, 0.25) is 0 Å². The minimum Gasteiger partial charge on any atom is -0.508 e. The molecule has 1 amide bonds. The van der Waals surface area contributed by atoms with Crippen molar-refractivity contribution < 1.29 is 34.1 Å². The van der Waals surface area contributed by atoms with Crippen molar-refractivity contribution in [2.45, 2.75) is 39.5 Å². The van der Waals surface area contributed by atoms with Gasteiger partial charge in [-0.2, -0.15) is 0 Å². The molecule has 0 radical (unpaired) electrons. The highest BCUT2D eigenvalue weighted by Crippen LogP contribution is 2.43. The molecule has 0 aromatic heterocycles. The summed E-state index contributed by atoms with van der Waals surface area (Å²) in [5, 5.41) is 21.5. The lowest BCUT2D eigenvalue weighted by molar-refractivity contribution is -0.132. The molecule has 1 aliphatic rings. The van der Waals surface area contributed by atoms with E-state index < -0.39 is 23.7 Å². The number of anilines is 1. The summed E-state index contributed by atoms with van der Waals surface area (Å²) in [4.78, 5) is 41.0. The summed E-state index contributed by atoms with van der Waals surface area (Å²) in [6.45, 7) is 5.65. The van der Waals surface area contributed by atoms with Crippen LogP contribution in [0.15, 0.2) is 103 Å². The largest absolute Gasteiger partial charge is 0.508 e. The second-order valence-electron chi connectivity index (χ2n) is 10.5. The molecule has 218 valence electrons. The zero-order valence-electron chi connectivity index (χ0n) is 24.0. The van der Waals surface area contributed by atoms with Crippen LogP contribution in [0.5, 0.6) is 11.5 Å². The van der Waals surface area contributed by atoms with Crippen LogP contribution in [0.3, 0.4) is 0 Å². The standard InChI is InChI=1S/C35H31NO7/c1-21(2)43-35(41)26-10-7-11-27(19-26)36-31(24-12-15-28(37)16-13-24)30(33(39)34(36)40)32(38)25-14-17-29(22(3)18-25)42-20-23-8-5-4-6-9-23/h4-19,21,31,37-38H,20H2,1-3H3/b32-30+. The number of hydrogen-bond donors (Lipinski definition) is 2. The molecule has 1 atom stereocenters. The summed E-state index contributed by atoms with van der Waals surface area (Å²) in [6, 6.07) is 26.0. The highest BCUT2D eigenvalue weighted by Gasteiger charge is 2.47. The molecule has 1 heterocycles. The van der Waals surface area contributed by atoms with Gasteiger partial charge < -0.3 is 19.7 Å². The number of benzene rings is 4. The summed E-state index contributed by atoms with van der Waals surface area (Å²) >= 11 is 0. The van der Waals surface area contributed by atoms with Crippen LogP contribution < -0.4 is 9.64 Å². The molecule has 1 aliphatic heterocycles. The number of phenols is 1. The Bertz CT molecular complexity index is 1710. The third-order valence-electron chi connectivity index (χ3n) is 7.04. The molecule has 0 bridgehead atoms. The number of phenolic OH excluding ortho intramolecular Hbond substituents is 1. The van der Waals surface area contributed by atoms with Crippen molar-refractivity contribution in [3.8, 4) is 11.5 Å². The number of aliphatic hydroxyl groups excluding tert-OH is 1. The van der Waals surface area contributed by atoms with Crippen molar-refractivity contribution in [1.82, 2.24) is 0 Å². The van der Waals surface area contributed by atoms with Gasteiger partial charge in [-0.3, -0.25) is 14.5 Å². The van der Waals surface area contributed by atoms with Gasteiger partial charge >= 0.3 is 5.97 Å². The van der Waals surface area contributed by atoms with Crippen LogP contribution in [0.1, 0.15) is 52.5 Å². The van der Waals surface area contributed by atoms with Gasteiger partial charge in [0.1, 0.15) is 23.9 Å². The highest BCUT2D eigenvalue weighted by atomic mass is 16.5. The maximum absolute atomic E-state index is 13.6. The van der Waals surface area contributed by atoms with E-state index in [9.17, 15) is 24.6 Å². The summed E-state index contributed by atoms with van der Waals surface area (Å²) in [5.74, 6) is -2.06. The van der Waals surface area contributed by atoms with Crippen molar-refractivity contribution in [3.05, 3.63) is 130 Å². The molecule has 4 aromatic rings. The number of rotatable bonds is 8. The zero-order chi connectivity index (χ0) is 30.7. The second-order valence-corrected chi connectivity index (χ2v) is 10.5. The van der Waals surface area contributed by atoms with Crippen LogP contribution in [0, 0.1) is 6.92 Å². The van der Waals surface area contributed by atoms with Crippen molar-refractivity contribution in [1.29, 1.82) is 0 Å². The number of esters is 1. The van der Waals surface area contributed by atoms with E-state index >= 15 is 0 Å². The van der Waals surface area contributed by atoms with E-state index in [4.69, 9.17) is 9.47 Å². The Morgan fingerprint density at radius 1 is 0.884 bits per heavy atom. The summed E-state index contributed by atoms with van der Waals surface area (Å²) in [7, 11) is 0. The summed E-state index contributed by atoms with van der Waals surface area (Å²) in [5.41, 5.74) is 2.91. The normalized spacial score (nSPS) is 16.0. The van der Waals surface area contributed by atoms with Crippen molar-refractivity contribution in [2.24, 2.45) is 0 Å². The van der Waals surface area contributed by atoms with E-state index in [0.29, 0.717) is 23.5 Å². The van der Waals surface area contributed by atoms with Crippen LogP contribution in [0.4, 0.5) is 5.69 Å². The number of aryl methyl sites for hydroxylation is 1. The maximum atomic E-state index is 13.6. The van der Waals surface area contributed by atoms with Gasteiger partial charge in [-0.1, -0.05) is 48.5 Å². The fourth-order valence-electron chi connectivity index (χ4n) is 4.99. The molecule has 0 spiro atoms. The molecule has 4 aromatic carbocycles. The minimum atomic E-state index is -1.04. The quantitative estimate of drug-likeness (QED) is 0.107. The second kappa shape index (κ2) is 12.2. The van der Waals surface area contributed by atoms with Crippen LogP contribution in [0.25, 0.3) is 5.76 Å². The topological polar surface area (TPSA) is 113 Å². The third-order valence-corrected chi connectivity index (χ3v) is 7.04. The Morgan fingerprint density at radius 3 is 2.28 bits per heavy atom. The minimum absolute atomic E-state index is 0.000783. The monoisotopic (exact) mass is 577 g/mol. The number of carbonyl (C=O) groups excluding carboxylic acids is 3. The van der Waals surface area contributed by atoms with E-state index in [0.717, 1.165) is 11.1 Å². The van der Waals surface area contributed by atoms with Gasteiger partial charge in [-0.25, -0.2) is 4.79 Å². The zero-order valence-corrected chi connectivity index (χ0v) is 24.0. The number of carbonyl (C=O) groups is 3. The van der Waals surface area contributed by atoms with Gasteiger partial charge in [0.2, 0.25) is 0 Å². The fraction of sp³-hybridized carbons (Fsp3) is 0.171. The first kappa shape index (κ1) is 29.1. The maximum Gasteiger partial charge on any atom is 0.338 e.